The molecule has 0 aliphatic heterocycles. The highest BCUT2D eigenvalue weighted by Gasteiger charge is 2.18. The number of carbonyl (C=O) groups is 1. The lowest BCUT2D eigenvalue weighted by Gasteiger charge is -2.22. The van der Waals surface area contributed by atoms with E-state index >= 15 is 0 Å². The van der Waals surface area contributed by atoms with Crippen LogP contribution in [0.1, 0.15) is 52.4 Å². The predicted octanol–water partition coefficient (Wildman–Crippen LogP) is 3.57. The largest absolute Gasteiger partial charge is 0.497 e. The first-order chi connectivity index (χ1) is 12.8. The summed E-state index contributed by atoms with van der Waals surface area (Å²) in [7, 11) is -1.85. The third kappa shape index (κ3) is 8.65. The molecule has 0 radical (unpaired) electrons. The molecule has 0 saturated heterocycles. The highest BCUT2D eigenvalue weighted by molar-refractivity contribution is 7.92. The molecule has 0 spiro atoms. The zero-order valence-electron chi connectivity index (χ0n) is 17.0. The Balaban J connectivity index is 2.52. The third-order valence-corrected chi connectivity index (χ3v) is 5.85. The van der Waals surface area contributed by atoms with E-state index in [-0.39, 0.29) is 12.5 Å². The minimum atomic E-state index is -3.41. The molecule has 1 aromatic carbocycles. The maximum atomic E-state index is 12.1. The summed E-state index contributed by atoms with van der Waals surface area (Å²) in [6.07, 6.45) is 6.49. The van der Waals surface area contributed by atoms with Gasteiger partial charge in [0.15, 0.2) is 0 Å². The van der Waals surface area contributed by atoms with Gasteiger partial charge in [-0.25, -0.2) is 8.42 Å². The number of carbonyl (C=O) groups excluding carboxylic acids is 1. The molecule has 1 aromatic rings. The normalized spacial score (nSPS) is 12.4. The van der Waals surface area contributed by atoms with Gasteiger partial charge in [-0.1, -0.05) is 33.1 Å². The monoisotopic (exact) mass is 398 g/mol. The molecule has 0 saturated carbocycles. The van der Waals surface area contributed by atoms with Crippen LogP contribution in [0.25, 0.3) is 0 Å². The molecular formula is C20H34N2O4S. The number of hydrogen-bond acceptors (Lipinski definition) is 4. The number of amides is 1. The van der Waals surface area contributed by atoms with Crippen LogP contribution in [0.4, 0.5) is 5.69 Å². The molecular weight excluding hydrogens is 364 g/mol. The summed E-state index contributed by atoms with van der Waals surface area (Å²) in [5.74, 6) is 1.16. The first-order valence-corrected chi connectivity index (χ1v) is 11.5. The number of nitrogens with one attached hydrogen (secondary N) is 1. The number of nitrogens with zero attached hydrogens (tertiary/aromatic N) is 1. The van der Waals surface area contributed by atoms with Crippen molar-refractivity contribution in [1.82, 2.24) is 5.32 Å². The quantitative estimate of drug-likeness (QED) is 0.551. The number of sulfonamides is 1. The maximum Gasteiger partial charge on any atom is 0.232 e. The highest BCUT2D eigenvalue weighted by atomic mass is 32.2. The summed E-state index contributed by atoms with van der Waals surface area (Å²) in [6.45, 7) is 5.28. The Kier molecular flexibility index (Phi) is 10.2. The van der Waals surface area contributed by atoms with Crippen molar-refractivity contribution in [3.63, 3.8) is 0 Å². The van der Waals surface area contributed by atoms with E-state index in [1.54, 1.807) is 31.4 Å². The summed E-state index contributed by atoms with van der Waals surface area (Å²) >= 11 is 0. The van der Waals surface area contributed by atoms with Crippen molar-refractivity contribution in [2.75, 3.05) is 30.8 Å². The van der Waals surface area contributed by atoms with Crippen LogP contribution >= 0.6 is 0 Å². The van der Waals surface area contributed by atoms with Gasteiger partial charge in [0, 0.05) is 19.5 Å². The number of rotatable bonds is 13. The number of hydrogen-bond donors (Lipinski definition) is 1. The van der Waals surface area contributed by atoms with E-state index in [0.717, 1.165) is 19.3 Å². The van der Waals surface area contributed by atoms with Crippen LogP contribution in [0, 0.1) is 5.92 Å². The van der Waals surface area contributed by atoms with Gasteiger partial charge in [0.05, 0.1) is 19.1 Å². The van der Waals surface area contributed by atoms with E-state index in [0.29, 0.717) is 36.7 Å². The molecule has 154 valence electrons. The van der Waals surface area contributed by atoms with E-state index in [2.05, 4.69) is 19.2 Å². The lowest BCUT2D eigenvalue weighted by Crippen LogP contribution is -2.33. The molecule has 0 aliphatic carbocycles. The number of methoxy groups -OCH3 is 1. The zero-order chi connectivity index (χ0) is 20.3. The van der Waals surface area contributed by atoms with E-state index in [1.807, 2.05) is 0 Å². The van der Waals surface area contributed by atoms with Crippen molar-refractivity contribution in [2.45, 2.75) is 52.4 Å². The second-order valence-electron chi connectivity index (χ2n) is 6.86. The second kappa shape index (κ2) is 11.8. The Labute approximate surface area is 164 Å². The van der Waals surface area contributed by atoms with Gasteiger partial charge in [-0.05, 0) is 43.0 Å². The van der Waals surface area contributed by atoms with Crippen molar-refractivity contribution in [1.29, 1.82) is 0 Å². The Bertz CT molecular complexity index is 659. The molecule has 1 rings (SSSR count). The molecule has 0 aromatic heterocycles. The van der Waals surface area contributed by atoms with Gasteiger partial charge in [0.2, 0.25) is 15.9 Å². The molecule has 0 heterocycles. The lowest BCUT2D eigenvalue weighted by molar-refractivity contribution is -0.121. The molecule has 0 aliphatic rings. The smallest absolute Gasteiger partial charge is 0.232 e. The van der Waals surface area contributed by atoms with Crippen molar-refractivity contribution < 1.29 is 17.9 Å². The van der Waals surface area contributed by atoms with Gasteiger partial charge in [0.1, 0.15) is 5.75 Å². The summed E-state index contributed by atoms with van der Waals surface area (Å²) in [4.78, 5) is 12.1. The van der Waals surface area contributed by atoms with Crippen LogP contribution in [0.3, 0.4) is 0 Å². The summed E-state index contributed by atoms with van der Waals surface area (Å²) in [6, 6.07) is 6.86. The minimum absolute atomic E-state index is 0.0202. The molecule has 1 N–H and O–H groups in total. The number of benzene rings is 1. The van der Waals surface area contributed by atoms with Gasteiger partial charge in [-0.2, -0.15) is 0 Å². The molecule has 0 unspecified atom stereocenters. The molecule has 6 nitrogen and oxygen atoms in total. The molecule has 0 bridgehead atoms. The van der Waals surface area contributed by atoms with E-state index in [1.165, 1.54) is 17.0 Å². The first kappa shape index (κ1) is 23.3. The van der Waals surface area contributed by atoms with E-state index < -0.39 is 10.0 Å². The molecule has 7 heteroatoms. The first-order valence-electron chi connectivity index (χ1n) is 9.70. The molecule has 27 heavy (non-hydrogen) atoms. The van der Waals surface area contributed by atoms with E-state index in [4.69, 9.17) is 4.74 Å². The Morgan fingerprint density at radius 2 is 1.85 bits per heavy atom. The second-order valence-corrected chi connectivity index (χ2v) is 8.76. The minimum Gasteiger partial charge on any atom is -0.497 e. The third-order valence-electron chi connectivity index (χ3n) is 4.66. The highest BCUT2D eigenvalue weighted by Crippen LogP contribution is 2.22. The average Bonchev–Trinajstić information content (AvgIpc) is 2.64. The molecule has 1 atom stereocenters. The van der Waals surface area contributed by atoms with Gasteiger partial charge in [-0.3, -0.25) is 9.10 Å². The number of ether oxygens (including phenoxy) is 1. The van der Waals surface area contributed by atoms with E-state index in [9.17, 15) is 13.2 Å². The van der Waals surface area contributed by atoms with Crippen molar-refractivity contribution in [3.05, 3.63) is 24.3 Å². The maximum absolute atomic E-state index is 12.1. The van der Waals surface area contributed by atoms with Crippen molar-refractivity contribution in [3.8, 4) is 5.75 Å². The van der Waals surface area contributed by atoms with Crippen LogP contribution in [-0.4, -0.2) is 40.8 Å². The topological polar surface area (TPSA) is 75.7 Å². The fraction of sp³-hybridized carbons (Fsp3) is 0.650. The molecule has 1 amide bonds. The SMILES string of the molecule is CCCC[C@H](CC)CNC(=O)CCCN(c1ccc(OC)cc1)S(C)(=O)=O. The Hall–Kier alpha value is -1.76. The van der Waals surface area contributed by atoms with Gasteiger partial charge < -0.3 is 10.1 Å². The fourth-order valence-corrected chi connectivity index (χ4v) is 3.87. The van der Waals surface area contributed by atoms with Gasteiger partial charge in [0.25, 0.3) is 0 Å². The van der Waals surface area contributed by atoms with Crippen LogP contribution in [0.15, 0.2) is 24.3 Å². The van der Waals surface area contributed by atoms with Crippen LogP contribution in [0.5, 0.6) is 5.75 Å². The van der Waals surface area contributed by atoms with Crippen LogP contribution in [0.2, 0.25) is 0 Å². The zero-order valence-corrected chi connectivity index (χ0v) is 17.8. The van der Waals surface area contributed by atoms with Gasteiger partial charge >= 0.3 is 0 Å². The van der Waals surface area contributed by atoms with Crippen molar-refractivity contribution in [2.24, 2.45) is 5.92 Å². The van der Waals surface area contributed by atoms with Crippen molar-refractivity contribution >= 4 is 21.6 Å². The van der Waals surface area contributed by atoms with Crippen LogP contribution < -0.4 is 14.4 Å². The Morgan fingerprint density at radius 1 is 1.19 bits per heavy atom. The van der Waals surface area contributed by atoms with Gasteiger partial charge in [-0.15, -0.1) is 0 Å². The number of anilines is 1. The average molecular weight is 399 g/mol. The summed E-state index contributed by atoms with van der Waals surface area (Å²) < 4.78 is 30.7. The summed E-state index contributed by atoms with van der Waals surface area (Å²) in [5, 5.41) is 2.99. The predicted molar refractivity (Wildman–Crippen MR) is 111 cm³/mol. The summed E-state index contributed by atoms with van der Waals surface area (Å²) in [5.41, 5.74) is 0.573. The Morgan fingerprint density at radius 3 is 2.37 bits per heavy atom. The lowest BCUT2D eigenvalue weighted by atomic mass is 9.99. The number of unbranched alkanes of at least 4 members (excludes halogenated alkanes) is 1. The molecule has 0 fully saturated rings. The standard InChI is InChI=1S/C20H34N2O4S/c1-5-7-9-17(6-2)16-21-20(23)10-8-15-22(27(4,24)25)18-11-13-19(26-3)14-12-18/h11-14,17H,5-10,15-16H2,1-4H3,(H,21,23)/t17-/m0/s1. The van der Waals surface area contributed by atoms with Crippen LogP contribution in [-0.2, 0) is 14.8 Å². The fourth-order valence-electron chi connectivity index (χ4n) is 2.91.